The molecule has 0 aliphatic carbocycles. The molecule has 0 spiro atoms. The average molecular weight is 441 g/mol. The van der Waals surface area contributed by atoms with Gasteiger partial charge in [-0.2, -0.15) is 0 Å². The smallest absolute Gasteiger partial charge is 0.275 e. The number of aromatic nitrogens is 2. The number of halogens is 2. The summed E-state index contributed by atoms with van der Waals surface area (Å²) >= 11 is 13.5. The van der Waals surface area contributed by atoms with Crippen molar-refractivity contribution >= 4 is 56.6 Å². The summed E-state index contributed by atoms with van der Waals surface area (Å²) in [5.41, 5.74) is 4.64. The first-order chi connectivity index (χ1) is 13.9. The molecule has 2 aromatic carbocycles. The molecule has 4 nitrogen and oxygen atoms in total. The minimum absolute atomic E-state index is 0.0977. The van der Waals surface area contributed by atoms with Gasteiger partial charge in [-0.3, -0.25) is 4.79 Å². The van der Waals surface area contributed by atoms with Crippen LogP contribution in [0, 0.1) is 13.8 Å². The van der Waals surface area contributed by atoms with E-state index in [1.165, 1.54) is 11.3 Å². The highest BCUT2D eigenvalue weighted by atomic mass is 35.5. The maximum absolute atomic E-state index is 13.0. The largest absolute Gasteiger partial charge is 0.457 e. The van der Waals surface area contributed by atoms with Crippen molar-refractivity contribution in [1.82, 2.24) is 9.38 Å². The Morgan fingerprint density at radius 2 is 1.76 bits per heavy atom. The van der Waals surface area contributed by atoms with Crippen molar-refractivity contribution in [2.24, 2.45) is 0 Å². The molecule has 0 aliphatic rings. The Balaban J connectivity index is 1.63. The molecule has 3 aromatic heterocycles. The quantitative estimate of drug-likeness (QED) is 0.356. The number of fused-ring (bicyclic) bond motifs is 3. The van der Waals surface area contributed by atoms with E-state index in [0.29, 0.717) is 31.1 Å². The maximum atomic E-state index is 13.0. The molecule has 0 bridgehead atoms. The minimum Gasteiger partial charge on any atom is -0.457 e. The van der Waals surface area contributed by atoms with Gasteiger partial charge in [0.15, 0.2) is 4.96 Å². The Kier molecular flexibility index (Phi) is 4.28. The fourth-order valence-electron chi connectivity index (χ4n) is 3.33. The molecular weight excluding hydrogens is 427 g/mol. The number of hydrogen-bond acceptors (Lipinski definition) is 4. The van der Waals surface area contributed by atoms with Gasteiger partial charge in [-0.05, 0) is 67.4 Å². The number of nitrogens with zero attached hydrogens (tertiary/aromatic N) is 2. The molecule has 7 heteroatoms. The van der Waals surface area contributed by atoms with Gasteiger partial charge in [0.2, 0.25) is 0 Å². The highest BCUT2D eigenvalue weighted by Crippen LogP contribution is 2.29. The van der Waals surface area contributed by atoms with Gasteiger partial charge in [0.25, 0.3) is 5.56 Å². The fourth-order valence-corrected chi connectivity index (χ4v) is 4.82. The highest BCUT2D eigenvalue weighted by Gasteiger charge is 2.13. The van der Waals surface area contributed by atoms with Crippen molar-refractivity contribution in [2.75, 3.05) is 0 Å². The zero-order valence-corrected chi connectivity index (χ0v) is 17.8. The number of benzene rings is 2. The molecule has 0 saturated carbocycles. The second kappa shape index (κ2) is 6.73. The van der Waals surface area contributed by atoms with E-state index < -0.39 is 0 Å². The van der Waals surface area contributed by atoms with Crippen molar-refractivity contribution in [1.29, 1.82) is 0 Å². The molecule has 0 radical (unpaired) electrons. The lowest BCUT2D eigenvalue weighted by Gasteiger charge is -1.99. The fraction of sp³-hybridized carbons (Fsp3) is 0.0909. The van der Waals surface area contributed by atoms with Crippen molar-refractivity contribution in [3.05, 3.63) is 84.3 Å². The van der Waals surface area contributed by atoms with Gasteiger partial charge in [0.05, 0.1) is 11.0 Å². The van der Waals surface area contributed by atoms with Crippen LogP contribution >= 0.6 is 34.5 Å². The Bertz CT molecular complexity index is 1510. The zero-order chi connectivity index (χ0) is 20.3. The minimum atomic E-state index is -0.0977. The van der Waals surface area contributed by atoms with Gasteiger partial charge in [-0.15, -0.1) is 0 Å². The third kappa shape index (κ3) is 3.15. The van der Waals surface area contributed by atoms with E-state index in [1.807, 2.05) is 38.1 Å². The number of furan rings is 1. The Labute approximate surface area is 179 Å². The summed E-state index contributed by atoms with van der Waals surface area (Å²) in [6.07, 6.45) is 1.74. The first-order valence-corrected chi connectivity index (χ1v) is 10.5. The lowest BCUT2D eigenvalue weighted by atomic mass is 10.1. The summed E-state index contributed by atoms with van der Waals surface area (Å²) in [6.45, 7) is 4.08. The predicted octanol–water partition coefficient (Wildman–Crippen LogP) is 5.64. The number of imidazole rings is 1. The van der Waals surface area contributed by atoms with E-state index in [4.69, 9.17) is 27.6 Å². The molecule has 3 heterocycles. The van der Waals surface area contributed by atoms with Crippen LogP contribution in [-0.4, -0.2) is 9.38 Å². The summed E-state index contributed by atoms with van der Waals surface area (Å²) in [5.74, 6) is 1.21. The van der Waals surface area contributed by atoms with Crippen LogP contribution in [0.15, 0.2) is 51.7 Å². The van der Waals surface area contributed by atoms with Gasteiger partial charge >= 0.3 is 0 Å². The molecule has 144 valence electrons. The zero-order valence-electron chi connectivity index (χ0n) is 15.5. The van der Waals surface area contributed by atoms with Crippen molar-refractivity contribution in [3.8, 4) is 11.3 Å². The normalized spacial score (nSPS) is 12.5. The molecular formula is C22H14Cl2N2O2S. The average Bonchev–Trinajstić information content (AvgIpc) is 3.32. The maximum Gasteiger partial charge on any atom is 0.275 e. The third-order valence-electron chi connectivity index (χ3n) is 4.90. The number of thiazole rings is 1. The van der Waals surface area contributed by atoms with Crippen molar-refractivity contribution in [2.45, 2.75) is 13.8 Å². The van der Waals surface area contributed by atoms with Crippen LogP contribution < -0.4 is 10.1 Å². The van der Waals surface area contributed by atoms with Crippen LogP contribution in [0.1, 0.15) is 16.9 Å². The van der Waals surface area contributed by atoms with E-state index in [0.717, 1.165) is 27.7 Å². The van der Waals surface area contributed by atoms with Crippen LogP contribution in [-0.2, 0) is 0 Å². The standard InChI is InChI=1S/C22H14Cl2N2O2S/c1-11-5-17-18(6-12(11)2)26-21(27)20(29-22(26)25-17)10-16-3-4-19(28-16)13-7-14(23)9-15(24)8-13/h3-10H,1-2H3. The summed E-state index contributed by atoms with van der Waals surface area (Å²) < 4.78 is 8.13. The van der Waals surface area contributed by atoms with Gasteiger partial charge in [0.1, 0.15) is 16.1 Å². The van der Waals surface area contributed by atoms with Crippen LogP contribution in [0.2, 0.25) is 10.0 Å². The van der Waals surface area contributed by atoms with E-state index in [1.54, 1.807) is 28.7 Å². The topological polar surface area (TPSA) is 47.5 Å². The molecule has 0 atom stereocenters. The number of hydrogen-bond donors (Lipinski definition) is 0. The van der Waals surface area contributed by atoms with Crippen LogP contribution in [0.5, 0.6) is 0 Å². The lowest BCUT2D eigenvalue weighted by Crippen LogP contribution is -2.22. The van der Waals surface area contributed by atoms with Crippen LogP contribution in [0.4, 0.5) is 0 Å². The van der Waals surface area contributed by atoms with E-state index in [-0.39, 0.29) is 5.56 Å². The van der Waals surface area contributed by atoms with Crippen LogP contribution in [0.25, 0.3) is 33.4 Å². The number of rotatable bonds is 2. The Morgan fingerprint density at radius 3 is 2.52 bits per heavy atom. The lowest BCUT2D eigenvalue weighted by molar-refractivity contribution is 0.571. The van der Waals surface area contributed by atoms with Crippen molar-refractivity contribution in [3.63, 3.8) is 0 Å². The van der Waals surface area contributed by atoms with Gasteiger partial charge in [-0.1, -0.05) is 34.5 Å². The summed E-state index contributed by atoms with van der Waals surface area (Å²) in [4.78, 5) is 18.3. The molecule has 0 unspecified atom stereocenters. The molecule has 0 saturated heterocycles. The Hall–Kier alpha value is -2.60. The molecule has 0 N–H and O–H groups in total. The first kappa shape index (κ1) is 18.4. The molecule has 5 aromatic rings. The predicted molar refractivity (Wildman–Crippen MR) is 119 cm³/mol. The molecule has 0 amide bonds. The Morgan fingerprint density at radius 1 is 1.03 bits per heavy atom. The van der Waals surface area contributed by atoms with E-state index in [2.05, 4.69) is 4.98 Å². The molecule has 5 rings (SSSR count). The van der Waals surface area contributed by atoms with E-state index in [9.17, 15) is 4.79 Å². The van der Waals surface area contributed by atoms with E-state index >= 15 is 0 Å². The van der Waals surface area contributed by atoms with Gasteiger partial charge in [0, 0.05) is 21.7 Å². The molecule has 0 fully saturated rings. The van der Waals surface area contributed by atoms with Gasteiger partial charge < -0.3 is 4.42 Å². The second-order valence-corrected chi connectivity index (χ2v) is 8.81. The SMILES string of the molecule is Cc1cc2nc3sc(=Cc4ccc(-c5cc(Cl)cc(Cl)c5)o4)c(=O)n3c2cc1C. The van der Waals surface area contributed by atoms with Gasteiger partial charge in [-0.25, -0.2) is 9.38 Å². The highest BCUT2D eigenvalue weighted by molar-refractivity contribution is 7.15. The summed E-state index contributed by atoms with van der Waals surface area (Å²) in [5, 5.41) is 1.07. The first-order valence-electron chi connectivity index (χ1n) is 8.89. The van der Waals surface area contributed by atoms with Crippen molar-refractivity contribution < 1.29 is 4.42 Å². The molecule has 0 aliphatic heterocycles. The third-order valence-corrected chi connectivity index (χ3v) is 6.31. The monoisotopic (exact) mass is 440 g/mol. The second-order valence-electron chi connectivity index (χ2n) is 6.93. The summed E-state index contributed by atoms with van der Waals surface area (Å²) in [7, 11) is 0. The molecule has 29 heavy (non-hydrogen) atoms. The van der Waals surface area contributed by atoms with Crippen LogP contribution in [0.3, 0.4) is 0 Å². The summed E-state index contributed by atoms with van der Waals surface area (Å²) in [6, 6.07) is 12.9. The number of aryl methyl sites for hydroxylation is 2.